The van der Waals surface area contributed by atoms with Crippen LogP contribution >= 0.6 is 0 Å². The molecule has 2 aliphatic heterocycles. The lowest BCUT2D eigenvalue weighted by Gasteiger charge is -2.25. The number of rotatable bonds is 5. The van der Waals surface area contributed by atoms with Gasteiger partial charge in [-0.1, -0.05) is 30.3 Å². The second kappa shape index (κ2) is 7.90. The molecule has 2 N–H and O–H groups in total. The van der Waals surface area contributed by atoms with Crippen LogP contribution in [0.5, 0.6) is 0 Å². The van der Waals surface area contributed by atoms with Crippen molar-refractivity contribution >= 4 is 5.91 Å². The SMILES string of the molecule is CC(c1ccccc1)N1CCC(NC(=O)CC2COCCN2)C1. The average Bonchev–Trinajstić information content (AvgIpc) is 3.04. The minimum atomic E-state index is 0.132. The van der Waals surface area contributed by atoms with Crippen molar-refractivity contribution < 1.29 is 9.53 Å². The van der Waals surface area contributed by atoms with E-state index in [4.69, 9.17) is 4.74 Å². The van der Waals surface area contributed by atoms with Crippen LogP contribution in [0.25, 0.3) is 0 Å². The van der Waals surface area contributed by atoms with E-state index in [1.807, 2.05) is 6.07 Å². The van der Waals surface area contributed by atoms with E-state index in [0.29, 0.717) is 19.1 Å². The van der Waals surface area contributed by atoms with E-state index in [0.717, 1.165) is 32.7 Å². The lowest BCUT2D eigenvalue weighted by Crippen LogP contribution is -2.46. The van der Waals surface area contributed by atoms with Crippen LogP contribution in [0.4, 0.5) is 0 Å². The van der Waals surface area contributed by atoms with Crippen molar-refractivity contribution in [1.82, 2.24) is 15.5 Å². The second-order valence-electron chi connectivity index (χ2n) is 6.56. The number of ether oxygens (including phenoxy) is 1. The average molecular weight is 317 g/mol. The summed E-state index contributed by atoms with van der Waals surface area (Å²) in [6, 6.07) is 11.4. The Hall–Kier alpha value is -1.43. The minimum absolute atomic E-state index is 0.132. The van der Waals surface area contributed by atoms with Gasteiger partial charge in [-0.25, -0.2) is 0 Å². The highest BCUT2D eigenvalue weighted by atomic mass is 16.5. The van der Waals surface area contributed by atoms with Gasteiger partial charge in [0.25, 0.3) is 0 Å². The Morgan fingerprint density at radius 1 is 1.43 bits per heavy atom. The Bertz CT molecular complexity index is 502. The third-order valence-electron chi connectivity index (χ3n) is 4.84. The highest BCUT2D eigenvalue weighted by Crippen LogP contribution is 2.24. The molecule has 1 aromatic rings. The predicted molar refractivity (Wildman–Crippen MR) is 90.2 cm³/mol. The van der Waals surface area contributed by atoms with Gasteiger partial charge >= 0.3 is 0 Å². The lowest BCUT2D eigenvalue weighted by atomic mass is 10.1. The number of nitrogens with zero attached hydrogens (tertiary/aromatic N) is 1. The van der Waals surface area contributed by atoms with Crippen molar-refractivity contribution in [2.45, 2.75) is 37.9 Å². The summed E-state index contributed by atoms with van der Waals surface area (Å²) < 4.78 is 5.40. The molecule has 0 spiro atoms. The van der Waals surface area contributed by atoms with E-state index >= 15 is 0 Å². The molecular formula is C18H27N3O2. The fourth-order valence-corrected chi connectivity index (χ4v) is 3.46. The molecular weight excluding hydrogens is 290 g/mol. The van der Waals surface area contributed by atoms with Gasteiger partial charge in [0, 0.05) is 44.2 Å². The van der Waals surface area contributed by atoms with Gasteiger partial charge in [0.2, 0.25) is 5.91 Å². The lowest BCUT2D eigenvalue weighted by molar-refractivity contribution is -0.122. The summed E-state index contributed by atoms with van der Waals surface area (Å²) in [5, 5.41) is 6.51. The second-order valence-corrected chi connectivity index (χ2v) is 6.56. The predicted octanol–water partition coefficient (Wildman–Crippen LogP) is 1.32. The van der Waals surface area contributed by atoms with Crippen LogP contribution in [0.15, 0.2) is 30.3 Å². The maximum atomic E-state index is 12.2. The molecule has 2 saturated heterocycles. The smallest absolute Gasteiger partial charge is 0.221 e. The largest absolute Gasteiger partial charge is 0.378 e. The summed E-state index contributed by atoms with van der Waals surface area (Å²) in [7, 11) is 0. The van der Waals surface area contributed by atoms with E-state index < -0.39 is 0 Å². The van der Waals surface area contributed by atoms with Crippen LogP contribution in [-0.4, -0.2) is 55.7 Å². The van der Waals surface area contributed by atoms with Gasteiger partial charge in [-0.15, -0.1) is 0 Å². The van der Waals surface area contributed by atoms with E-state index in [1.165, 1.54) is 5.56 Å². The Morgan fingerprint density at radius 3 is 3.00 bits per heavy atom. The zero-order chi connectivity index (χ0) is 16.1. The number of hydrogen-bond donors (Lipinski definition) is 2. The number of morpholine rings is 1. The highest BCUT2D eigenvalue weighted by Gasteiger charge is 2.28. The van der Waals surface area contributed by atoms with Crippen LogP contribution in [0.2, 0.25) is 0 Å². The molecule has 2 heterocycles. The molecule has 0 aromatic heterocycles. The molecule has 0 bridgehead atoms. The number of carbonyl (C=O) groups is 1. The van der Waals surface area contributed by atoms with Crippen LogP contribution in [-0.2, 0) is 9.53 Å². The van der Waals surface area contributed by atoms with Crippen molar-refractivity contribution in [2.24, 2.45) is 0 Å². The Morgan fingerprint density at radius 2 is 2.26 bits per heavy atom. The molecule has 5 heteroatoms. The molecule has 2 fully saturated rings. The Balaban J connectivity index is 1.45. The molecule has 3 unspecified atom stereocenters. The first-order valence-corrected chi connectivity index (χ1v) is 8.62. The highest BCUT2D eigenvalue weighted by molar-refractivity contribution is 5.77. The molecule has 126 valence electrons. The van der Waals surface area contributed by atoms with E-state index in [-0.39, 0.29) is 18.0 Å². The number of benzene rings is 1. The molecule has 0 saturated carbocycles. The number of nitrogens with one attached hydrogen (secondary N) is 2. The first kappa shape index (κ1) is 16.4. The fraction of sp³-hybridized carbons (Fsp3) is 0.611. The summed E-state index contributed by atoms with van der Waals surface area (Å²) in [5.74, 6) is 0.132. The summed E-state index contributed by atoms with van der Waals surface area (Å²) in [5.41, 5.74) is 1.34. The summed E-state index contributed by atoms with van der Waals surface area (Å²) >= 11 is 0. The number of hydrogen-bond acceptors (Lipinski definition) is 4. The van der Waals surface area contributed by atoms with Gasteiger partial charge < -0.3 is 15.4 Å². The normalized spacial score (nSPS) is 26.8. The maximum Gasteiger partial charge on any atom is 0.221 e. The topological polar surface area (TPSA) is 53.6 Å². The van der Waals surface area contributed by atoms with Crippen molar-refractivity contribution in [1.29, 1.82) is 0 Å². The molecule has 3 atom stereocenters. The zero-order valence-corrected chi connectivity index (χ0v) is 13.8. The number of amides is 1. The first-order valence-electron chi connectivity index (χ1n) is 8.62. The van der Waals surface area contributed by atoms with Crippen LogP contribution in [0.3, 0.4) is 0 Å². The van der Waals surface area contributed by atoms with Crippen molar-refractivity contribution in [3.05, 3.63) is 35.9 Å². The van der Waals surface area contributed by atoms with Gasteiger partial charge in [0.15, 0.2) is 0 Å². The molecule has 23 heavy (non-hydrogen) atoms. The van der Waals surface area contributed by atoms with Gasteiger partial charge in [-0.2, -0.15) is 0 Å². The quantitative estimate of drug-likeness (QED) is 0.860. The molecule has 0 radical (unpaired) electrons. The van der Waals surface area contributed by atoms with E-state index in [9.17, 15) is 4.79 Å². The third kappa shape index (κ3) is 4.53. The fourth-order valence-electron chi connectivity index (χ4n) is 3.46. The maximum absolute atomic E-state index is 12.2. The van der Waals surface area contributed by atoms with Crippen molar-refractivity contribution in [3.8, 4) is 0 Å². The molecule has 3 rings (SSSR count). The molecule has 1 amide bonds. The first-order chi connectivity index (χ1) is 11.2. The third-order valence-corrected chi connectivity index (χ3v) is 4.84. The van der Waals surface area contributed by atoms with Gasteiger partial charge in [0.1, 0.15) is 0 Å². The van der Waals surface area contributed by atoms with Crippen molar-refractivity contribution in [3.63, 3.8) is 0 Å². The molecule has 2 aliphatic rings. The van der Waals surface area contributed by atoms with E-state index in [1.54, 1.807) is 0 Å². The molecule has 5 nitrogen and oxygen atoms in total. The summed E-state index contributed by atoms with van der Waals surface area (Å²) in [6.45, 7) is 6.41. The van der Waals surface area contributed by atoms with Crippen LogP contribution < -0.4 is 10.6 Å². The molecule has 0 aliphatic carbocycles. The monoisotopic (exact) mass is 317 g/mol. The Kier molecular flexibility index (Phi) is 5.65. The minimum Gasteiger partial charge on any atom is -0.378 e. The van der Waals surface area contributed by atoms with Gasteiger partial charge in [-0.05, 0) is 18.9 Å². The number of likely N-dealkylation sites (tertiary alicyclic amines) is 1. The van der Waals surface area contributed by atoms with Crippen LogP contribution in [0, 0.1) is 0 Å². The summed E-state index contributed by atoms with van der Waals surface area (Å²) in [6.07, 6.45) is 1.53. The zero-order valence-electron chi connectivity index (χ0n) is 13.8. The van der Waals surface area contributed by atoms with Gasteiger partial charge in [-0.3, -0.25) is 9.69 Å². The summed E-state index contributed by atoms with van der Waals surface area (Å²) in [4.78, 5) is 14.6. The van der Waals surface area contributed by atoms with Crippen molar-refractivity contribution in [2.75, 3.05) is 32.8 Å². The number of carbonyl (C=O) groups excluding carboxylic acids is 1. The Labute approximate surface area is 138 Å². The van der Waals surface area contributed by atoms with Gasteiger partial charge in [0.05, 0.1) is 13.2 Å². The van der Waals surface area contributed by atoms with E-state index in [2.05, 4.69) is 46.7 Å². The standard InChI is InChI=1S/C18H27N3O2/c1-14(15-5-3-2-4-6-15)21-9-7-16(12-21)20-18(22)11-17-13-23-10-8-19-17/h2-6,14,16-17,19H,7-13H2,1H3,(H,20,22). The molecule has 1 aromatic carbocycles. The van der Waals surface area contributed by atoms with Crippen LogP contribution in [0.1, 0.15) is 31.4 Å².